The molecule has 2 fully saturated rings. The number of nitrogens with zero attached hydrogens (tertiary/aromatic N) is 3. The molecule has 0 radical (unpaired) electrons. The number of hydrogen-bond acceptors (Lipinski definition) is 6. The van der Waals surface area contributed by atoms with Crippen molar-refractivity contribution in [1.29, 1.82) is 0 Å². The van der Waals surface area contributed by atoms with Gasteiger partial charge in [0.2, 0.25) is 11.8 Å². The molecule has 0 spiro atoms. The molecule has 3 aromatic rings. The van der Waals surface area contributed by atoms with Crippen molar-refractivity contribution in [2.75, 3.05) is 4.90 Å². The molecular weight excluding hydrogens is 494 g/mol. The Bertz CT molecular complexity index is 1530. The molecule has 0 aromatic heterocycles. The molecule has 184 valence electrons. The summed E-state index contributed by atoms with van der Waals surface area (Å²) in [5.41, 5.74) is 2.78. The van der Waals surface area contributed by atoms with Crippen molar-refractivity contribution in [2.45, 2.75) is 19.0 Å². The molecule has 0 aliphatic carbocycles. The lowest BCUT2D eigenvalue weighted by Gasteiger charge is -2.35. The van der Waals surface area contributed by atoms with Gasteiger partial charge in [-0.3, -0.25) is 24.5 Å². The first kappa shape index (κ1) is 23.1. The quantitative estimate of drug-likeness (QED) is 0.212. The van der Waals surface area contributed by atoms with Gasteiger partial charge in [0.05, 0.1) is 28.5 Å². The molecule has 4 atom stereocenters. The van der Waals surface area contributed by atoms with Crippen LogP contribution in [0.25, 0.3) is 6.08 Å². The average molecular weight is 514 g/mol. The summed E-state index contributed by atoms with van der Waals surface area (Å²) < 4.78 is 0. The Balaban J connectivity index is 1.49. The third kappa shape index (κ3) is 3.40. The third-order valence-electron chi connectivity index (χ3n) is 7.49. The molecule has 2 amide bonds. The van der Waals surface area contributed by atoms with Gasteiger partial charge < -0.3 is 4.90 Å². The standard InChI is InChI=1S/C28H20ClN3O5/c1-15-14-19(32(36)37)10-11-21(15)31-27(34)22-23(28(31)35)25(26(33)17-6-8-18(29)9-7-17)30-13-12-16-4-2-3-5-20(16)24(22)30/h2-14,22-25H,1H3/t22-,23+,24?,25-/m0/s1. The first-order valence-corrected chi connectivity index (χ1v) is 12.1. The van der Waals surface area contributed by atoms with Crippen molar-refractivity contribution >= 4 is 46.6 Å². The lowest BCUT2D eigenvalue weighted by molar-refractivity contribution is -0.384. The van der Waals surface area contributed by atoms with Crippen molar-refractivity contribution < 1.29 is 19.3 Å². The molecule has 9 heteroatoms. The van der Waals surface area contributed by atoms with Gasteiger partial charge in [-0.1, -0.05) is 35.9 Å². The fourth-order valence-corrected chi connectivity index (χ4v) is 6.01. The smallest absolute Gasteiger partial charge is 0.269 e. The Kier molecular flexibility index (Phi) is 5.24. The zero-order valence-corrected chi connectivity index (χ0v) is 20.3. The molecule has 8 nitrogen and oxygen atoms in total. The summed E-state index contributed by atoms with van der Waals surface area (Å²) in [6, 6.07) is 16.7. The number of fused-ring (bicyclic) bond motifs is 5. The molecule has 3 aliphatic rings. The van der Waals surface area contributed by atoms with Gasteiger partial charge in [0.1, 0.15) is 6.04 Å². The van der Waals surface area contributed by atoms with Crippen LogP contribution in [0.1, 0.15) is 33.1 Å². The molecule has 3 aliphatic heterocycles. The van der Waals surface area contributed by atoms with Gasteiger partial charge in [-0.05, 0) is 60.0 Å². The number of carbonyl (C=O) groups is 3. The van der Waals surface area contributed by atoms with E-state index in [4.69, 9.17) is 11.6 Å². The van der Waals surface area contributed by atoms with E-state index < -0.39 is 40.7 Å². The van der Waals surface area contributed by atoms with Crippen LogP contribution in [0, 0.1) is 28.9 Å². The van der Waals surface area contributed by atoms with Crippen molar-refractivity contribution in [3.63, 3.8) is 0 Å². The van der Waals surface area contributed by atoms with Crippen molar-refractivity contribution in [3.05, 3.63) is 110 Å². The van der Waals surface area contributed by atoms with E-state index in [2.05, 4.69) is 0 Å². The molecule has 3 aromatic carbocycles. The van der Waals surface area contributed by atoms with Gasteiger partial charge in [-0.2, -0.15) is 0 Å². The van der Waals surface area contributed by atoms with Crippen molar-refractivity contribution in [1.82, 2.24) is 4.90 Å². The molecule has 0 bridgehead atoms. The Morgan fingerprint density at radius 2 is 1.68 bits per heavy atom. The second kappa shape index (κ2) is 8.38. The molecular formula is C28H20ClN3O5. The zero-order valence-electron chi connectivity index (χ0n) is 19.6. The molecule has 37 heavy (non-hydrogen) atoms. The zero-order chi connectivity index (χ0) is 26.0. The van der Waals surface area contributed by atoms with Crippen LogP contribution in [0.5, 0.6) is 0 Å². The topological polar surface area (TPSA) is 101 Å². The van der Waals surface area contributed by atoms with Crippen LogP contribution in [0.3, 0.4) is 0 Å². The van der Waals surface area contributed by atoms with Crippen LogP contribution in [0.15, 0.2) is 72.9 Å². The highest BCUT2D eigenvalue weighted by Gasteiger charge is 2.64. The Labute approximate surface area is 216 Å². The SMILES string of the molecule is Cc1cc([N+](=O)[O-])ccc1N1C(=O)[C@@H]2[C@H](C1=O)C1c3ccccc3C=CN1[C@@H]2C(=O)c1ccc(Cl)cc1. The summed E-state index contributed by atoms with van der Waals surface area (Å²) in [6.07, 6.45) is 3.69. The minimum absolute atomic E-state index is 0.131. The number of halogens is 1. The lowest BCUT2D eigenvalue weighted by atomic mass is 9.83. The van der Waals surface area contributed by atoms with Crippen molar-refractivity contribution in [3.8, 4) is 0 Å². The van der Waals surface area contributed by atoms with E-state index in [0.717, 1.165) is 16.0 Å². The molecule has 0 N–H and O–H groups in total. The number of carbonyl (C=O) groups excluding carboxylic acids is 3. The minimum atomic E-state index is -0.925. The van der Waals surface area contributed by atoms with Crippen LogP contribution in [-0.2, 0) is 9.59 Å². The van der Waals surface area contributed by atoms with E-state index in [1.807, 2.05) is 35.2 Å². The maximum atomic E-state index is 14.0. The van der Waals surface area contributed by atoms with E-state index >= 15 is 0 Å². The summed E-state index contributed by atoms with van der Waals surface area (Å²) >= 11 is 6.03. The predicted molar refractivity (Wildman–Crippen MR) is 137 cm³/mol. The van der Waals surface area contributed by atoms with E-state index in [-0.39, 0.29) is 11.5 Å². The predicted octanol–water partition coefficient (Wildman–Crippen LogP) is 4.95. The van der Waals surface area contributed by atoms with Gasteiger partial charge >= 0.3 is 0 Å². The number of hydrogen-bond donors (Lipinski definition) is 0. The number of anilines is 1. The minimum Gasteiger partial charge on any atom is -0.358 e. The Morgan fingerprint density at radius 3 is 2.38 bits per heavy atom. The second-order valence-electron chi connectivity index (χ2n) is 9.44. The highest BCUT2D eigenvalue weighted by atomic mass is 35.5. The number of nitro groups is 1. The first-order chi connectivity index (χ1) is 17.8. The number of nitro benzene ring substituents is 1. The van der Waals surface area contributed by atoms with Crippen LogP contribution in [-0.4, -0.2) is 33.5 Å². The van der Waals surface area contributed by atoms with E-state index in [0.29, 0.717) is 21.8 Å². The van der Waals surface area contributed by atoms with Crippen LogP contribution >= 0.6 is 11.6 Å². The van der Waals surface area contributed by atoms with Crippen LogP contribution in [0.4, 0.5) is 11.4 Å². The number of rotatable bonds is 4. The highest BCUT2D eigenvalue weighted by Crippen LogP contribution is 2.54. The fourth-order valence-electron chi connectivity index (χ4n) is 5.88. The van der Waals surface area contributed by atoms with E-state index in [9.17, 15) is 24.5 Å². The summed E-state index contributed by atoms with van der Waals surface area (Å²) in [4.78, 5) is 55.5. The summed E-state index contributed by atoms with van der Waals surface area (Å²) in [6.45, 7) is 1.62. The summed E-state index contributed by atoms with van der Waals surface area (Å²) in [5, 5.41) is 11.7. The number of non-ortho nitro benzene ring substituents is 1. The number of amides is 2. The van der Waals surface area contributed by atoms with Crippen LogP contribution in [0.2, 0.25) is 5.02 Å². The number of benzene rings is 3. The monoisotopic (exact) mass is 513 g/mol. The normalized spacial score (nSPS) is 23.6. The molecule has 0 saturated carbocycles. The Morgan fingerprint density at radius 1 is 0.973 bits per heavy atom. The largest absolute Gasteiger partial charge is 0.358 e. The number of ketones is 1. The Hall–Kier alpha value is -4.30. The van der Waals surface area contributed by atoms with E-state index in [1.165, 1.54) is 18.2 Å². The van der Waals surface area contributed by atoms with E-state index in [1.54, 1.807) is 37.4 Å². The van der Waals surface area contributed by atoms with Gasteiger partial charge in [0.25, 0.3) is 5.69 Å². The summed E-state index contributed by atoms with van der Waals surface area (Å²) in [5.74, 6) is -2.90. The van der Waals surface area contributed by atoms with Crippen molar-refractivity contribution in [2.24, 2.45) is 11.8 Å². The summed E-state index contributed by atoms with van der Waals surface area (Å²) in [7, 11) is 0. The van der Waals surface area contributed by atoms with Crippen LogP contribution < -0.4 is 4.90 Å². The van der Waals surface area contributed by atoms with Gasteiger partial charge in [-0.25, -0.2) is 4.90 Å². The number of imide groups is 1. The number of Topliss-reactive ketones (excluding diaryl/α,β-unsaturated/α-hetero) is 1. The van der Waals surface area contributed by atoms with Gasteiger partial charge in [-0.15, -0.1) is 0 Å². The second-order valence-corrected chi connectivity index (χ2v) is 9.88. The first-order valence-electron chi connectivity index (χ1n) is 11.7. The molecule has 3 heterocycles. The van der Waals surface area contributed by atoms with Gasteiger partial charge in [0, 0.05) is 28.9 Å². The third-order valence-corrected chi connectivity index (χ3v) is 7.74. The average Bonchev–Trinajstić information content (AvgIpc) is 3.36. The number of aryl methyl sites for hydroxylation is 1. The molecule has 6 rings (SSSR count). The van der Waals surface area contributed by atoms with Gasteiger partial charge in [0.15, 0.2) is 5.78 Å². The fraction of sp³-hybridized carbons (Fsp3) is 0.179. The maximum Gasteiger partial charge on any atom is 0.269 e. The molecule has 2 saturated heterocycles. The highest BCUT2D eigenvalue weighted by molar-refractivity contribution is 6.30. The maximum absolute atomic E-state index is 14.0. The molecule has 1 unspecified atom stereocenters. The lowest BCUT2D eigenvalue weighted by Crippen LogP contribution is -2.44.